The molecule has 0 N–H and O–H groups in total. The van der Waals surface area contributed by atoms with E-state index in [0.29, 0.717) is 12.1 Å². The summed E-state index contributed by atoms with van der Waals surface area (Å²) in [5.41, 5.74) is 0.838. The molecule has 2 atom stereocenters. The van der Waals surface area contributed by atoms with Crippen LogP contribution >= 0.6 is 0 Å². The van der Waals surface area contributed by atoms with E-state index in [1.165, 1.54) is 12.3 Å². The van der Waals surface area contributed by atoms with Gasteiger partial charge < -0.3 is 4.90 Å². The summed E-state index contributed by atoms with van der Waals surface area (Å²) < 4.78 is 37.3. The lowest BCUT2D eigenvalue weighted by Crippen LogP contribution is -2.28. The van der Waals surface area contributed by atoms with Crippen molar-refractivity contribution in [2.75, 3.05) is 6.54 Å². The van der Waals surface area contributed by atoms with Gasteiger partial charge >= 0.3 is 6.18 Å². The number of fused-ring (bicyclic) bond motifs is 2. The normalized spacial score (nSPS) is 25.6. The highest BCUT2D eigenvalue weighted by atomic mass is 19.4. The third-order valence-electron chi connectivity index (χ3n) is 3.72. The van der Waals surface area contributed by atoms with Crippen LogP contribution in [0, 0.1) is 5.92 Å². The number of amides is 1. The number of pyridine rings is 1. The van der Waals surface area contributed by atoms with E-state index in [0.717, 1.165) is 24.5 Å². The van der Waals surface area contributed by atoms with Crippen LogP contribution in [0.1, 0.15) is 17.7 Å². The molecule has 2 bridgehead atoms. The predicted octanol–water partition coefficient (Wildman–Crippen LogP) is 2.34. The SMILES string of the molecule is O=CN1CC2CC1C=C2c1ccc(C(F)(F)F)nc1. The molecule has 0 spiro atoms. The molecule has 1 fully saturated rings. The van der Waals surface area contributed by atoms with Gasteiger partial charge in [-0.3, -0.25) is 9.78 Å². The lowest BCUT2D eigenvalue weighted by molar-refractivity contribution is -0.141. The first kappa shape index (κ1) is 12.2. The third-order valence-corrected chi connectivity index (χ3v) is 3.72. The Labute approximate surface area is 107 Å². The molecule has 3 rings (SSSR count). The smallest absolute Gasteiger partial charge is 0.338 e. The molecular weight excluding hydrogens is 257 g/mol. The largest absolute Gasteiger partial charge is 0.433 e. The van der Waals surface area contributed by atoms with Crippen LogP contribution < -0.4 is 0 Å². The summed E-state index contributed by atoms with van der Waals surface area (Å²) in [5.74, 6) is 0.216. The van der Waals surface area contributed by atoms with Crippen molar-refractivity contribution in [3.63, 3.8) is 0 Å². The van der Waals surface area contributed by atoms with Gasteiger partial charge in [0.2, 0.25) is 6.41 Å². The number of alkyl halides is 3. The van der Waals surface area contributed by atoms with E-state index >= 15 is 0 Å². The van der Waals surface area contributed by atoms with Gasteiger partial charge in [0.25, 0.3) is 0 Å². The molecular formula is C13H11F3N2O. The zero-order chi connectivity index (χ0) is 13.6. The monoisotopic (exact) mass is 268 g/mol. The number of nitrogens with zero attached hydrogens (tertiary/aromatic N) is 2. The number of aromatic nitrogens is 1. The summed E-state index contributed by atoms with van der Waals surface area (Å²) in [6, 6.07) is 2.53. The van der Waals surface area contributed by atoms with Crippen molar-refractivity contribution >= 4 is 12.0 Å². The summed E-state index contributed by atoms with van der Waals surface area (Å²) in [5, 5.41) is 0. The van der Waals surface area contributed by atoms with Gasteiger partial charge in [0, 0.05) is 18.7 Å². The van der Waals surface area contributed by atoms with Gasteiger partial charge in [-0.15, -0.1) is 0 Å². The predicted molar refractivity (Wildman–Crippen MR) is 61.9 cm³/mol. The second-order valence-corrected chi connectivity index (χ2v) is 4.85. The first-order chi connectivity index (χ1) is 8.99. The Balaban J connectivity index is 1.85. The zero-order valence-electron chi connectivity index (χ0n) is 9.89. The van der Waals surface area contributed by atoms with Crippen LogP contribution in [0.5, 0.6) is 0 Å². The quantitative estimate of drug-likeness (QED) is 0.771. The number of carbonyl (C=O) groups is 1. The highest BCUT2D eigenvalue weighted by Gasteiger charge is 2.39. The molecule has 3 nitrogen and oxygen atoms in total. The van der Waals surface area contributed by atoms with Crippen molar-refractivity contribution in [2.45, 2.75) is 18.6 Å². The van der Waals surface area contributed by atoms with E-state index in [2.05, 4.69) is 4.98 Å². The lowest BCUT2D eigenvalue weighted by Gasteiger charge is -2.22. The van der Waals surface area contributed by atoms with Crippen LogP contribution in [0.3, 0.4) is 0 Å². The van der Waals surface area contributed by atoms with Gasteiger partial charge in [-0.25, -0.2) is 0 Å². The molecule has 0 radical (unpaired) electrons. The highest BCUT2D eigenvalue weighted by Crippen LogP contribution is 2.41. The topological polar surface area (TPSA) is 33.2 Å². The molecule has 1 aliphatic carbocycles. The van der Waals surface area contributed by atoms with Crippen LogP contribution in [0.25, 0.3) is 5.57 Å². The number of likely N-dealkylation sites (tertiary alicyclic amines) is 1. The van der Waals surface area contributed by atoms with Gasteiger partial charge in [-0.2, -0.15) is 13.2 Å². The zero-order valence-corrected chi connectivity index (χ0v) is 9.89. The van der Waals surface area contributed by atoms with Gasteiger partial charge in [0.15, 0.2) is 0 Å². The van der Waals surface area contributed by atoms with E-state index < -0.39 is 11.9 Å². The van der Waals surface area contributed by atoms with Gasteiger partial charge in [0.1, 0.15) is 5.69 Å². The van der Waals surface area contributed by atoms with E-state index in [4.69, 9.17) is 0 Å². The Kier molecular flexibility index (Phi) is 2.62. The average Bonchev–Trinajstić information content (AvgIpc) is 2.97. The molecule has 19 heavy (non-hydrogen) atoms. The maximum absolute atomic E-state index is 12.4. The second kappa shape index (κ2) is 4.08. The first-order valence-electron chi connectivity index (χ1n) is 5.95. The van der Waals surface area contributed by atoms with E-state index in [-0.39, 0.29) is 12.0 Å². The molecule has 1 aromatic heterocycles. The van der Waals surface area contributed by atoms with Crippen LogP contribution in [-0.4, -0.2) is 28.9 Å². The third kappa shape index (κ3) is 2.01. The Morgan fingerprint density at radius 1 is 1.37 bits per heavy atom. The van der Waals surface area contributed by atoms with Crippen molar-refractivity contribution in [1.29, 1.82) is 0 Å². The standard InChI is InChI=1S/C13H11F3N2O/c14-13(15,16)12-2-1-8(5-17-12)11-4-10-3-9(11)6-18(10)7-19/h1-2,4-5,7,9-10H,3,6H2. The van der Waals surface area contributed by atoms with E-state index in [9.17, 15) is 18.0 Å². The Morgan fingerprint density at radius 2 is 2.16 bits per heavy atom. The minimum Gasteiger partial charge on any atom is -0.338 e. The number of carbonyl (C=O) groups excluding carboxylic acids is 1. The molecule has 1 aliphatic heterocycles. The molecule has 2 aliphatic rings. The maximum atomic E-state index is 12.4. The van der Waals surface area contributed by atoms with Crippen LogP contribution in [0.4, 0.5) is 13.2 Å². The fraction of sp³-hybridized carbons (Fsp3) is 0.385. The number of hydrogen-bond acceptors (Lipinski definition) is 2. The number of hydrogen-bond donors (Lipinski definition) is 0. The average molecular weight is 268 g/mol. The van der Waals surface area contributed by atoms with Crippen LogP contribution in [0.15, 0.2) is 24.4 Å². The Morgan fingerprint density at radius 3 is 2.63 bits per heavy atom. The number of halogens is 3. The van der Waals surface area contributed by atoms with Gasteiger partial charge in [-0.05, 0) is 23.6 Å². The highest BCUT2D eigenvalue weighted by molar-refractivity contribution is 5.73. The van der Waals surface area contributed by atoms with Crippen molar-refractivity contribution in [2.24, 2.45) is 5.92 Å². The molecule has 0 saturated carbocycles. The summed E-state index contributed by atoms with van der Waals surface area (Å²) in [7, 11) is 0. The minimum absolute atomic E-state index is 0.0831. The molecule has 0 aromatic carbocycles. The molecule has 2 heterocycles. The van der Waals surface area contributed by atoms with E-state index in [1.54, 1.807) is 4.90 Å². The van der Waals surface area contributed by atoms with Crippen molar-refractivity contribution < 1.29 is 18.0 Å². The summed E-state index contributed by atoms with van der Waals surface area (Å²) in [4.78, 5) is 15.9. The molecule has 100 valence electrons. The fourth-order valence-corrected chi connectivity index (χ4v) is 2.81. The molecule has 1 saturated heterocycles. The first-order valence-corrected chi connectivity index (χ1v) is 5.95. The molecule has 2 unspecified atom stereocenters. The van der Waals surface area contributed by atoms with Crippen molar-refractivity contribution in [3.8, 4) is 0 Å². The molecule has 1 aromatic rings. The second-order valence-electron chi connectivity index (χ2n) is 4.85. The van der Waals surface area contributed by atoms with Crippen molar-refractivity contribution in [3.05, 3.63) is 35.7 Å². The summed E-state index contributed by atoms with van der Waals surface area (Å²) in [6.45, 7) is 0.640. The van der Waals surface area contributed by atoms with E-state index in [1.807, 2.05) is 6.08 Å². The maximum Gasteiger partial charge on any atom is 0.433 e. The lowest BCUT2D eigenvalue weighted by atomic mass is 9.96. The number of rotatable bonds is 2. The van der Waals surface area contributed by atoms with Crippen molar-refractivity contribution in [1.82, 2.24) is 9.88 Å². The summed E-state index contributed by atoms with van der Waals surface area (Å²) >= 11 is 0. The van der Waals surface area contributed by atoms with Gasteiger partial charge in [0.05, 0.1) is 6.04 Å². The molecule has 1 amide bonds. The summed E-state index contributed by atoms with van der Waals surface area (Å²) in [6.07, 6.45) is 0.488. The van der Waals surface area contributed by atoms with Gasteiger partial charge in [-0.1, -0.05) is 12.1 Å². The Bertz CT molecular complexity index is 536. The fourth-order valence-electron chi connectivity index (χ4n) is 2.81. The van der Waals surface area contributed by atoms with Crippen LogP contribution in [-0.2, 0) is 11.0 Å². The molecule has 6 heteroatoms. The minimum atomic E-state index is -4.41. The Hall–Kier alpha value is -1.85. The van der Waals surface area contributed by atoms with Crippen LogP contribution in [0.2, 0.25) is 0 Å².